The Labute approximate surface area is 73.2 Å². The Hall–Kier alpha value is -0.970. The lowest BCUT2D eigenvalue weighted by atomic mass is 10.1. The second-order valence-electron chi connectivity index (χ2n) is 2.75. The Morgan fingerprint density at radius 2 is 2.42 bits per heavy atom. The lowest BCUT2D eigenvalue weighted by Gasteiger charge is -2.33. The normalized spacial score (nSPS) is 27.2. The molecule has 0 bridgehead atoms. The molecule has 0 aromatic heterocycles. The lowest BCUT2D eigenvalue weighted by molar-refractivity contribution is -0.145. The van der Waals surface area contributed by atoms with Crippen LogP contribution in [0, 0.1) is 0 Å². The van der Waals surface area contributed by atoms with Gasteiger partial charge in [0.25, 0.3) is 0 Å². The molecule has 2 heterocycles. The lowest BCUT2D eigenvalue weighted by Crippen LogP contribution is -2.48. The van der Waals surface area contributed by atoms with Gasteiger partial charge >= 0.3 is 5.97 Å². The van der Waals surface area contributed by atoms with Gasteiger partial charge in [0.2, 0.25) is 5.91 Å². The van der Waals surface area contributed by atoms with Crippen molar-refractivity contribution in [1.29, 1.82) is 0 Å². The fourth-order valence-corrected chi connectivity index (χ4v) is 2.69. The van der Waals surface area contributed by atoms with E-state index in [9.17, 15) is 9.59 Å². The molecule has 0 aliphatic carbocycles. The van der Waals surface area contributed by atoms with E-state index >= 15 is 0 Å². The van der Waals surface area contributed by atoms with Crippen molar-refractivity contribution in [2.75, 3.05) is 0 Å². The van der Waals surface area contributed by atoms with E-state index in [4.69, 9.17) is 5.11 Å². The van der Waals surface area contributed by atoms with Crippen molar-refractivity contribution >= 4 is 23.6 Å². The first-order valence-electron chi connectivity index (χ1n) is 3.54. The summed E-state index contributed by atoms with van der Waals surface area (Å²) in [7, 11) is 0. The van der Waals surface area contributed by atoms with Crippen LogP contribution in [0.4, 0.5) is 0 Å². The van der Waals surface area contributed by atoms with Gasteiger partial charge in [-0.15, -0.1) is 11.8 Å². The highest BCUT2D eigenvalue weighted by Crippen LogP contribution is 2.45. The van der Waals surface area contributed by atoms with E-state index in [1.165, 1.54) is 16.7 Å². The van der Waals surface area contributed by atoms with Crippen LogP contribution in [0.1, 0.15) is 13.3 Å². The van der Waals surface area contributed by atoms with Crippen molar-refractivity contribution in [2.45, 2.75) is 18.7 Å². The van der Waals surface area contributed by atoms with Gasteiger partial charge in [-0.05, 0) is 6.92 Å². The number of fused-ring (bicyclic) bond motifs is 1. The highest BCUT2D eigenvalue weighted by atomic mass is 32.2. The number of carbonyl (C=O) groups is 2. The summed E-state index contributed by atoms with van der Waals surface area (Å²) in [5.74, 6) is -1.09. The largest absolute Gasteiger partial charge is 0.477 e. The summed E-state index contributed by atoms with van der Waals surface area (Å²) >= 11 is 1.46. The fourth-order valence-electron chi connectivity index (χ4n) is 1.43. The van der Waals surface area contributed by atoms with E-state index in [2.05, 4.69) is 0 Å². The third kappa shape index (κ3) is 0.797. The quantitative estimate of drug-likeness (QED) is 0.608. The molecule has 2 aliphatic rings. The van der Waals surface area contributed by atoms with Crippen LogP contribution in [0.2, 0.25) is 0 Å². The number of carboxylic acid groups (broad SMARTS) is 1. The Bertz CT molecular complexity index is 310. The van der Waals surface area contributed by atoms with Gasteiger partial charge in [0.1, 0.15) is 5.70 Å². The average Bonchev–Trinajstić information content (AvgIpc) is 2.22. The Balaban J connectivity index is 2.34. The van der Waals surface area contributed by atoms with Crippen molar-refractivity contribution in [3.63, 3.8) is 0 Å². The molecular formula is C7H7NO3S. The molecule has 64 valence electrons. The summed E-state index contributed by atoms with van der Waals surface area (Å²) in [6.45, 7) is 1.74. The van der Waals surface area contributed by atoms with E-state index in [0.717, 1.165) is 4.91 Å². The molecule has 1 atom stereocenters. The van der Waals surface area contributed by atoms with Gasteiger partial charge in [0.15, 0.2) is 0 Å². The maximum atomic E-state index is 11.0. The van der Waals surface area contributed by atoms with Gasteiger partial charge in [0.05, 0.1) is 11.8 Å². The van der Waals surface area contributed by atoms with Crippen molar-refractivity contribution in [3.8, 4) is 0 Å². The van der Waals surface area contributed by atoms with Crippen LogP contribution in [-0.4, -0.2) is 27.3 Å². The predicted octanol–water partition coefficient (Wildman–Crippen LogP) is 0.608. The zero-order valence-electron chi connectivity index (χ0n) is 6.40. The highest BCUT2D eigenvalue weighted by molar-refractivity contribution is 8.04. The molecule has 12 heavy (non-hydrogen) atoms. The van der Waals surface area contributed by atoms with E-state index in [0.29, 0.717) is 6.42 Å². The van der Waals surface area contributed by atoms with Crippen LogP contribution in [0.25, 0.3) is 0 Å². The Morgan fingerprint density at radius 3 is 2.83 bits per heavy atom. The number of carbonyl (C=O) groups excluding carboxylic acids is 1. The molecule has 2 aliphatic heterocycles. The van der Waals surface area contributed by atoms with Crippen molar-refractivity contribution in [2.24, 2.45) is 0 Å². The predicted molar refractivity (Wildman–Crippen MR) is 43.2 cm³/mol. The monoisotopic (exact) mass is 185 g/mol. The summed E-state index contributed by atoms with van der Waals surface area (Å²) in [6, 6.07) is 0. The standard InChI is InChI=1S/C7H7NO3S/c1-3-6(7(10)11)8-4(9)2-5(8)12-3/h5H,2H2,1H3,(H,10,11)/t5-/m0/s1. The van der Waals surface area contributed by atoms with Crippen LogP contribution in [-0.2, 0) is 9.59 Å². The molecule has 5 heteroatoms. The Morgan fingerprint density at radius 1 is 1.75 bits per heavy atom. The van der Waals surface area contributed by atoms with Gasteiger partial charge in [-0.1, -0.05) is 0 Å². The van der Waals surface area contributed by atoms with Crippen LogP contribution in [0.15, 0.2) is 10.6 Å². The minimum Gasteiger partial charge on any atom is -0.477 e. The average molecular weight is 185 g/mol. The highest BCUT2D eigenvalue weighted by Gasteiger charge is 2.47. The van der Waals surface area contributed by atoms with Gasteiger partial charge in [-0.2, -0.15) is 0 Å². The van der Waals surface area contributed by atoms with Crippen LogP contribution in [0.3, 0.4) is 0 Å². The first-order chi connectivity index (χ1) is 5.61. The van der Waals surface area contributed by atoms with Crippen molar-refractivity contribution in [3.05, 3.63) is 10.6 Å². The molecule has 1 fully saturated rings. The summed E-state index contributed by atoms with van der Waals surface area (Å²) in [5.41, 5.74) is 0.168. The van der Waals surface area contributed by atoms with Gasteiger partial charge in [-0.25, -0.2) is 4.79 Å². The number of β-lactam (4-membered cyclic amide) rings is 1. The molecule has 0 aromatic rings. The molecular weight excluding hydrogens is 178 g/mol. The molecule has 0 saturated carbocycles. The molecule has 0 radical (unpaired) electrons. The molecule has 0 aromatic carbocycles. The van der Waals surface area contributed by atoms with E-state index < -0.39 is 5.97 Å². The second-order valence-corrected chi connectivity index (χ2v) is 4.14. The number of amides is 1. The van der Waals surface area contributed by atoms with Crippen LogP contribution in [0.5, 0.6) is 0 Å². The zero-order valence-corrected chi connectivity index (χ0v) is 7.22. The second kappa shape index (κ2) is 2.26. The number of thioether (sulfide) groups is 1. The van der Waals surface area contributed by atoms with E-state index in [1.54, 1.807) is 6.92 Å². The number of rotatable bonds is 1. The minimum atomic E-state index is -1.00. The van der Waals surface area contributed by atoms with Crippen LogP contribution >= 0.6 is 11.8 Å². The number of carboxylic acids is 1. The molecule has 0 unspecified atom stereocenters. The maximum absolute atomic E-state index is 11.0. The topological polar surface area (TPSA) is 57.6 Å². The van der Waals surface area contributed by atoms with Gasteiger partial charge in [-0.3, -0.25) is 9.69 Å². The smallest absolute Gasteiger partial charge is 0.353 e. The summed E-state index contributed by atoms with van der Waals surface area (Å²) < 4.78 is 0. The first kappa shape index (κ1) is 7.67. The fraction of sp³-hybridized carbons (Fsp3) is 0.429. The maximum Gasteiger partial charge on any atom is 0.353 e. The summed E-state index contributed by atoms with van der Waals surface area (Å²) in [4.78, 5) is 23.8. The van der Waals surface area contributed by atoms with Crippen molar-refractivity contribution < 1.29 is 14.7 Å². The van der Waals surface area contributed by atoms with Gasteiger partial charge < -0.3 is 5.11 Å². The molecule has 1 saturated heterocycles. The third-order valence-electron chi connectivity index (χ3n) is 2.00. The third-order valence-corrected chi connectivity index (χ3v) is 3.19. The summed E-state index contributed by atoms with van der Waals surface area (Å²) in [5, 5.41) is 8.82. The number of hydrogen-bond donors (Lipinski definition) is 1. The first-order valence-corrected chi connectivity index (χ1v) is 4.42. The molecule has 2 rings (SSSR count). The van der Waals surface area contributed by atoms with E-state index in [-0.39, 0.29) is 17.0 Å². The Kier molecular flexibility index (Phi) is 1.44. The minimum absolute atomic E-state index is 0.0589. The zero-order chi connectivity index (χ0) is 8.88. The number of nitrogens with zero attached hydrogens (tertiary/aromatic N) is 1. The molecule has 1 N–H and O–H groups in total. The van der Waals surface area contributed by atoms with Gasteiger partial charge in [0, 0.05) is 4.91 Å². The number of allylic oxidation sites excluding steroid dienone is 1. The molecule has 1 amide bonds. The van der Waals surface area contributed by atoms with Crippen LogP contribution < -0.4 is 0 Å². The van der Waals surface area contributed by atoms with E-state index in [1.807, 2.05) is 0 Å². The number of hydrogen-bond acceptors (Lipinski definition) is 3. The number of aliphatic carboxylic acids is 1. The summed E-state index contributed by atoms with van der Waals surface area (Å²) in [6.07, 6.45) is 0.471. The molecule has 4 nitrogen and oxygen atoms in total. The van der Waals surface area contributed by atoms with Crippen molar-refractivity contribution in [1.82, 2.24) is 4.90 Å². The SMILES string of the molecule is CC1=C(C(=O)O)N2C(=O)C[C@@H]2S1. The molecule has 0 spiro atoms.